The minimum Gasteiger partial charge on any atom is -0.449 e. The fourth-order valence-corrected chi connectivity index (χ4v) is 1.14. The SMILES string of the molecule is CN1C(=O)OCCC1I. The Labute approximate surface area is 67.5 Å². The maximum atomic E-state index is 10.7. The Bertz CT molecular complexity index is 128. The van der Waals surface area contributed by atoms with Crippen molar-refractivity contribution in [1.29, 1.82) is 0 Å². The van der Waals surface area contributed by atoms with Crippen molar-refractivity contribution < 1.29 is 9.53 Å². The summed E-state index contributed by atoms with van der Waals surface area (Å²) in [5.74, 6) is 0. The zero-order valence-corrected chi connectivity index (χ0v) is 7.29. The lowest BCUT2D eigenvalue weighted by molar-refractivity contribution is 0.0793. The Balaban J connectivity index is 2.51. The normalized spacial score (nSPS) is 28.0. The van der Waals surface area contributed by atoms with Crippen LogP contribution in [0.3, 0.4) is 0 Å². The summed E-state index contributed by atoms with van der Waals surface area (Å²) in [6.45, 7) is 0.566. The highest BCUT2D eigenvalue weighted by molar-refractivity contribution is 14.1. The molecule has 0 saturated carbocycles. The van der Waals surface area contributed by atoms with Gasteiger partial charge in [-0.1, -0.05) is 22.6 Å². The molecule has 4 heteroatoms. The summed E-state index contributed by atoms with van der Waals surface area (Å²) >= 11 is 2.22. The van der Waals surface area contributed by atoms with Crippen LogP contribution in [0.25, 0.3) is 0 Å². The molecule has 0 aromatic heterocycles. The number of carbonyl (C=O) groups excluding carboxylic acids is 1. The molecule has 1 fully saturated rings. The van der Waals surface area contributed by atoms with Crippen molar-refractivity contribution in [3.63, 3.8) is 0 Å². The topological polar surface area (TPSA) is 29.5 Å². The number of halogens is 1. The van der Waals surface area contributed by atoms with E-state index in [2.05, 4.69) is 22.6 Å². The van der Waals surface area contributed by atoms with Crippen LogP contribution in [-0.4, -0.2) is 28.7 Å². The monoisotopic (exact) mass is 241 g/mol. The van der Waals surface area contributed by atoms with Gasteiger partial charge < -0.3 is 4.74 Å². The number of hydrogen-bond acceptors (Lipinski definition) is 2. The molecule has 1 unspecified atom stereocenters. The molecular formula is C5H8INO2. The molecule has 0 N–H and O–H groups in total. The summed E-state index contributed by atoms with van der Waals surface area (Å²) in [5.41, 5.74) is 0. The van der Waals surface area contributed by atoms with E-state index >= 15 is 0 Å². The molecule has 1 saturated heterocycles. The smallest absolute Gasteiger partial charge is 0.410 e. The van der Waals surface area contributed by atoms with E-state index in [0.717, 1.165) is 6.42 Å². The Morgan fingerprint density at radius 1 is 1.89 bits per heavy atom. The molecule has 0 bridgehead atoms. The van der Waals surface area contributed by atoms with Gasteiger partial charge in [0.15, 0.2) is 0 Å². The second-order valence-corrected chi connectivity index (χ2v) is 3.39. The Morgan fingerprint density at radius 3 is 3.00 bits per heavy atom. The van der Waals surface area contributed by atoms with Crippen LogP contribution in [0.15, 0.2) is 0 Å². The fourth-order valence-electron chi connectivity index (χ4n) is 0.653. The third-order valence-corrected chi connectivity index (χ3v) is 2.75. The van der Waals surface area contributed by atoms with Gasteiger partial charge in [-0.3, -0.25) is 4.90 Å². The molecule has 0 aromatic carbocycles. The lowest BCUT2D eigenvalue weighted by Crippen LogP contribution is -2.39. The first-order chi connectivity index (χ1) is 4.22. The van der Waals surface area contributed by atoms with Gasteiger partial charge in [0.25, 0.3) is 0 Å². The average Bonchev–Trinajstić information content (AvgIpc) is 1.83. The zero-order valence-electron chi connectivity index (χ0n) is 5.13. The van der Waals surface area contributed by atoms with Crippen LogP contribution < -0.4 is 0 Å². The first kappa shape index (κ1) is 7.11. The van der Waals surface area contributed by atoms with Crippen LogP contribution in [0.2, 0.25) is 0 Å². The van der Waals surface area contributed by atoms with Crippen molar-refractivity contribution in [1.82, 2.24) is 4.90 Å². The summed E-state index contributed by atoms with van der Waals surface area (Å²) < 4.78 is 5.05. The molecule has 0 spiro atoms. The molecule has 0 aliphatic carbocycles. The molecule has 1 heterocycles. The summed E-state index contributed by atoms with van der Waals surface area (Å²) in [6.07, 6.45) is 0.726. The van der Waals surface area contributed by atoms with Crippen molar-refractivity contribution >= 4 is 28.7 Å². The minimum atomic E-state index is -0.208. The first-order valence-corrected chi connectivity index (χ1v) is 4.00. The summed E-state index contributed by atoms with van der Waals surface area (Å²) in [7, 11) is 1.75. The molecule has 0 radical (unpaired) electrons. The molecule has 9 heavy (non-hydrogen) atoms. The molecule has 1 amide bonds. The quantitative estimate of drug-likeness (QED) is 0.362. The van der Waals surface area contributed by atoms with Gasteiger partial charge in [-0.15, -0.1) is 0 Å². The molecule has 52 valence electrons. The van der Waals surface area contributed by atoms with Crippen molar-refractivity contribution in [2.75, 3.05) is 13.7 Å². The number of cyclic esters (lactones) is 1. The number of amides is 1. The maximum Gasteiger partial charge on any atom is 0.410 e. The lowest BCUT2D eigenvalue weighted by Gasteiger charge is -2.27. The number of nitrogens with zero attached hydrogens (tertiary/aromatic N) is 1. The van der Waals surface area contributed by atoms with Crippen LogP contribution in [0.5, 0.6) is 0 Å². The third kappa shape index (κ3) is 1.47. The summed E-state index contributed by atoms with van der Waals surface area (Å²) in [5, 5.41) is 0. The van der Waals surface area contributed by atoms with E-state index in [4.69, 9.17) is 4.74 Å². The van der Waals surface area contributed by atoms with Gasteiger partial charge in [0.05, 0.1) is 10.7 Å². The number of hydrogen-bond donors (Lipinski definition) is 0. The highest BCUT2D eigenvalue weighted by Crippen LogP contribution is 2.16. The number of ether oxygens (including phenoxy) is 1. The van der Waals surface area contributed by atoms with E-state index in [1.807, 2.05) is 0 Å². The highest BCUT2D eigenvalue weighted by atomic mass is 127. The van der Waals surface area contributed by atoms with Crippen LogP contribution in [-0.2, 0) is 4.74 Å². The van der Waals surface area contributed by atoms with Crippen LogP contribution >= 0.6 is 22.6 Å². The Kier molecular flexibility index (Phi) is 2.15. The van der Waals surface area contributed by atoms with Gasteiger partial charge >= 0.3 is 6.09 Å². The van der Waals surface area contributed by atoms with Crippen molar-refractivity contribution in [2.24, 2.45) is 0 Å². The van der Waals surface area contributed by atoms with Gasteiger partial charge in [-0.25, -0.2) is 4.79 Å². The lowest BCUT2D eigenvalue weighted by atomic mass is 10.4. The molecule has 1 atom stereocenters. The fraction of sp³-hybridized carbons (Fsp3) is 0.800. The molecule has 1 rings (SSSR count). The minimum absolute atomic E-state index is 0.208. The predicted octanol–water partition coefficient (Wildman–Crippen LogP) is 1.22. The molecule has 0 aromatic rings. The number of alkyl halides is 1. The second-order valence-electron chi connectivity index (χ2n) is 1.95. The van der Waals surface area contributed by atoms with Crippen molar-refractivity contribution in [3.8, 4) is 0 Å². The standard InChI is InChI=1S/C5H8INO2/c1-7-4(6)2-3-9-5(7)8/h4H,2-3H2,1H3. The van der Waals surface area contributed by atoms with Gasteiger partial charge in [-0.2, -0.15) is 0 Å². The number of carbonyl (C=O) groups is 1. The van der Waals surface area contributed by atoms with E-state index in [1.54, 1.807) is 11.9 Å². The Morgan fingerprint density at radius 2 is 2.56 bits per heavy atom. The molecule has 1 aliphatic heterocycles. The van der Waals surface area contributed by atoms with E-state index in [0.29, 0.717) is 10.7 Å². The van der Waals surface area contributed by atoms with Gasteiger partial charge in [0.1, 0.15) is 0 Å². The van der Waals surface area contributed by atoms with Crippen LogP contribution in [0, 0.1) is 0 Å². The van der Waals surface area contributed by atoms with Gasteiger partial charge in [-0.05, 0) is 0 Å². The first-order valence-electron chi connectivity index (χ1n) is 2.75. The summed E-state index contributed by atoms with van der Waals surface area (Å²) in [6, 6.07) is 0. The maximum absolute atomic E-state index is 10.7. The van der Waals surface area contributed by atoms with Crippen molar-refractivity contribution in [3.05, 3.63) is 0 Å². The largest absolute Gasteiger partial charge is 0.449 e. The Hall–Kier alpha value is 0. The van der Waals surface area contributed by atoms with E-state index in [9.17, 15) is 4.79 Å². The number of rotatable bonds is 0. The van der Waals surface area contributed by atoms with Crippen LogP contribution in [0.1, 0.15) is 6.42 Å². The van der Waals surface area contributed by atoms with E-state index in [-0.39, 0.29) is 6.09 Å². The van der Waals surface area contributed by atoms with Gasteiger partial charge in [0, 0.05) is 13.5 Å². The highest BCUT2D eigenvalue weighted by Gasteiger charge is 2.22. The second kappa shape index (κ2) is 2.72. The van der Waals surface area contributed by atoms with Crippen molar-refractivity contribution in [2.45, 2.75) is 10.5 Å². The van der Waals surface area contributed by atoms with E-state index < -0.39 is 0 Å². The molecule has 1 aliphatic rings. The predicted molar refractivity (Wildman–Crippen MR) is 41.5 cm³/mol. The zero-order chi connectivity index (χ0) is 6.85. The van der Waals surface area contributed by atoms with Crippen LogP contribution in [0.4, 0.5) is 4.79 Å². The molecular weight excluding hydrogens is 233 g/mol. The van der Waals surface area contributed by atoms with Gasteiger partial charge in [0.2, 0.25) is 0 Å². The summed E-state index contributed by atoms with van der Waals surface area (Å²) in [4.78, 5) is 12.3. The molecule has 3 nitrogen and oxygen atoms in total. The third-order valence-electron chi connectivity index (χ3n) is 1.29. The van der Waals surface area contributed by atoms with E-state index in [1.165, 1.54) is 0 Å². The average molecular weight is 241 g/mol.